The van der Waals surface area contributed by atoms with E-state index < -0.39 is 32.2 Å². The van der Waals surface area contributed by atoms with Crippen LogP contribution in [0.2, 0.25) is 0 Å². The third kappa shape index (κ3) is 4.55. The van der Waals surface area contributed by atoms with Gasteiger partial charge in [-0.25, -0.2) is 17.5 Å². The Balaban J connectivity index is 3.17. The van der Waals surface area contributed by atoms with E-state index in [1.807, 2.05) is 0 Å². The highest BCUT2D eigenvalue weighted by Gasteiger charge is 2.25. The van der Waals surface area contributed by atoms with E-state index in [1.54, 1.807) is 20.8 Å². The number of rotatable bonds is 4. The van der Waals surface area contributed by atoms with Crippen LogP contribution in [0, 0.1) is 5.82 Å². The van der Waals surface area contributed by atoms with Crippen LogP contribution in [0.3, 0.4) is 0 Å². The summed E-state index contributed by atoms with van der Waals surface area (Å²) in [6.45, 7) is 4.67. The lowest BCUT2D eigenvalue weighted by atomic mass is 10.1. The van der Waals surface area contributed by atoms with Crippen molar-refractivity contribution in [1.82, 2.24) is 4.72 Å². The topological polar surface area (TPSA) is 101 Å². The summed E-state index contributed by atoms with van der Waals surface area (Å²) in [4.78, 5) is 10.6. The number of carbonyl (C=O) groups excluding carboxylic acids is 1. The van der Waals surface area contributed by atoms with E-state index in [9.17, 15) is 17.6 Å². The van der Waals surface area contributed by atoms with Gasteiger partial charge in [0.05, 0.1) is 6.54 Å². The van der Waals surface area contributed by atoms with Gasteiger partial charge in [-0.2, -0.15) is 0 Å². The van der Waals surface area contributed by atoms with Gasteiger partial charge in [-0.3, -0.25) is 4.79 Å². The molecule has 1 amide bonds. The van der Waals surface area contributed by atoms with E-state index in [0.717, 1.165) is 12.1 Å². The zero-order valence-corrected chi connectivity index (χ0v) is 12.3. The summed E-state index contributed by atoms with van der Waals surface area (Å²) in [5, 5.41) is 2.37. The zero-order chi connectivity index (χ0) is 15.6. The minimum Gasteiger partial charge on any atom is -0.325 e. The van der Waals surface area contributed by atoms with Crippen molar-refractivity contribution in [2.75, 3.05) is 11.9 Å². The van der Waals surface area contributed by atoms with Crippen molar-refractivity contribution >= 4 is 21.6 Å². The van der Waals surface area contributed by atoms with Crippen molar-refractivity contribution in [3.05, 3.63) is 24.0 Å². The van der Waals surface area contributed by atoms with Crippen LogP contribution < -0.4 is 15.8 Å². The Hall–Kier alpha value is -1.51. The molecule has 8 heteroatoms. The van der Waals surface area contributed by atoms with Crippen LogP contribution in [0.25, 0.3) is 0 Å². The molecule has 1 rings (SSSR count). The van der Waals surface area contributed by atoms with Gasteiger partial charge >= 0.3 is 0 Å². The summed E-state index contributed by atoms with van der Waals surface area (Å²) in [6.07, 6.45) is 0. The minimum atomic E-state index is -4.02. The normalized spacial score (nSPS) is 12.2. The van der Waals surface area contributed by atoms with Crippen LogP contribution in [-0.2, 0) is 14.8 Å². The SMILES string of the molecule is CC(C)(C)NS(=O)(=O)c1cc(NC(=O)CN)ccc1F. The van der Waals surface area contributed by atoms with Gasteiger partial charge in [-0.05, 0) is 39.0 Å². The van der Waals surface area contributed by atoms with Gasteiger partial charge in [-0.1, -0.05) is 0 Å². The Morgan fingerprint density at radius 1 is 1.35 bits per heavy atom. The third-order valence-corrected chi connectivity index (χ3v) is 3.90. The average Bonchev–Trinajstić information content (AvgIpc) is 2.28. The number of sulfonamides is 1. The molecule has 0 aliphatic carbocycles. The standard InChI is InChI=1S/C12H18FN3O3S/c1-12(2,3)16-20(18,19)10-6-8(4-5-9(10)13)15-11(17)7-14/h4-6,16H,7,14H2,1-3H3,(H,15,17). The maximum absolute atomic E-state index is 13.7. The summed E-state index contributed by atoms with van der Waals surface area (Å²) in [7, 11) is -4.02. The second kappa shape index (κ2) is 5.86. The smallest absolute Gasteiger partial charge is 0.244 e. The van der Waals surface area contributed by atoms with Crippen LogP contribution in [0.1, 0.15) is 20.8 Å². The molecule has 0 aliphatic heterocycles. The van der Waals surface area contributed by atoms with Crippen molar-refractivity contribution in [2.45, 2.75) is 31.2 Å². The number of nitrogens with one attached hydrogen (secondary N) is 2. The first kappa shape index (κ1) is 16.5. The summed E-state index contributed by atoms with van der Waals surface area (Å²) in [6, 6.07) is 3.29. The van der Waals surface area contributed by atoms with Crippen LogP contribution >= 0.6 is 0 Å². The van der Waals surface area contributed by atoms with Crippen molar-refractivity contribution < 1.29 is 17.6 Å². The molecule has 0 heterocycles. The minimum absolute atomic E-state index is 0.163. The predicted molar refractivity (Wildman–Crippen MR) is 74.2 cm³/mol. The van der Waals surface area contributed by atoms with Gasteiger partial charge in [0.1, 0.15) is 10.7 Å². The first-order valence-corrected chi connectivity index (χ1v) is 7.37. The van der Waals surface area contributed by atoms with Gasteiger partial charge in [0, 0.05) is 11.2 Å². The maximum Gasteiger partial charge on any atom is 0.244 e. The molecule has 0 aromatic heterocycles. The molecule has 0 fully saturated rings. The number of hydrogen-bond acceptors (Lipinski definition) is 4. The molecule has 1 aromatic rings. The van der Waals surface area contributed by atoms with Crippen LogP contribution in [0.5, 0.6) is 0 Å². The van der Waals surface area contributed by atoms with Gasteiger partial charge in [0.15, 0.2) is 0 Å². The molecule has 0 radical (unpaired) electrons. The number of carbonyl (C=O) groups is 1. The molecule has 6 nitrogen and oxygen atoms in total. The van der Waals surface area contributed by atoms with E-state index in [-0.39, 0.29) is 12.2 Å². The van der Waals surface area contributed by atoms with Crippen LogP contribution in [0.15, 0.2) is 23.1 Å². The predicted octanol–water partition coefficient (Wildman–Crippen LogP) is 0.800. The average molecular weight is 303 g/mol. The summed E-state index contributed by atoms with van der Waals surface area (Å²) < 4.78 is 40.2. The van der Waals surface area contributed by atoms with Gasteiger partial charge in [0.2, 0.25) is 15.9 Å². The first-order valence-electron chi connectivity index (χ1n) is 5.88. The Morgan fingerprint density at radius 2 is 1.95 bits per heavy atom. The molecule has 112 valence electrons. The van der Waals surface area contributed by atoms with E-state index in [4.69, 9.17) is 5.73 Å². The molecule has 4 N–H and O–H groups in total. The fourth-order valence-corrected chi connectivity index (χ4v) is 2.98. The lowest BCUT2D eigenvalue weighted by Gasteiger charge is -2.20. The summed E-state index contributed by atoms with van der Waals surface area (Å²) in [5.74, 6) is -1.39. The largest absolute Gasteiger partial charge is 0.325 e. The number of amides is 1. The lowest BCUT2D eigenvalue weighted by Crippen LogP contribution is -2.40. The molecular weight excluding hydrogens is 285 g/mol. The molecule has 0 atom stereocenters. The number of benzene rings is 1. The monoisotopic (exact) mass is 303 g/mol. The van der Waals surface area contributed by atoms with E-state index in [0.29, 0.717) is 0 Å². The second-order valence-corrected chi connectivity index (χ2v) is 6.90. The summed E-state index contributed by atoms with van der Waals surface area (Å²) in [5.41, 5.74) is 4.56. The number of nitrogens with two attached hydrogens (primary N) is 1. The zero-order valence-electron chi connectivity index (χ0n) is 11.5. The highest BCUT2D eigenvalue weighted by atomic mass is 32.2. The van der Waals surface area contributed by atoms with Gasteiger partial charge in [-0.15, -0.1) is 0 Å². The quantitative estimate of drug-likeness (QED) is 0.765. The van der Waals surface area contributed by atoms with Crippen molar-refractivity contribution in [3.8, 4) is 0 Å². The van der Waals surface area contributed by atoms with Gasteiger partial charge < -0.3 is 11.1 Å². The molecule has 0 aliphatic rings. The van der Waals surface area contributed by atoms with E-state index in [2.05, 4.69) is 10.0 Å². The Kier molecular flexibility index (Phi) is 4.85. The Labute approximate surface area is 117 Å². The molecule has 0 unspecified atom stereocenters. The highest BCUT2D eigenvalue weighted by molar-refractivity contribution is 7.89. The number of anilines is 1. The van der Waals surface area contributed by atoms with Gasteiger partial charge in [0.25, 0.3) is 0 Å². The first-order chi connectivity index (χ1) is 9.05. The van der Waals surface area contributed by atoms with Crippen molar-refractivity contribution in [3.63, 3.8) is 0 Å². The fourth-order valence-electron chi connectivity index (χ4n) is 1.46. The summed E-state index contributed by atoms with van der Waals surface area (Å²) >= 11 is 0. The van der Waals surface area contributed by atoms with Crippen LogP contribution in [-0.4, -0.2) is 26.4 Å². The molecule has 0 saturated heterocycles. The molecule has 20 heavy (non-hydrogen) atoms. The Bertz CT molecular complexity index is 609. The lowest BCUT2D eigenvalue weighted by molar-refractivity contribution is -0.114. The van der Waals surface area contributed by atoms with Crippen molar-refractivity contribution in [2.24, 2.45) is 5.73 Å². The van der Waals surface area contributed by atoms with Crippen molar-refractivity contribution in [1.29, 1.82) is 0 Å². The second-order valence-electron chi connectivity index (χ2n) is 5.25. The molecule has 1 aromatic carbocycles. The molecular formula is C12H18FN3O3S. The van der Waals surface area contributed by atoms with E-state index >= 15 is 0 Å². The molecule has 0 bridgehead atoms. The highest BCUT2D eigenvalue weighted by Crippen LogP contribution is 2.21. The number of halogens is 1. The molecule has 0 spiro atoms. The third-order valence-electron chi connectivity index (χ3n) is 2.13. The number of hydrogen-bond donors (Lipinski definition) is 3. The fraction of sp³-hybridized carbons (Fsp3) is 0.417. The van der Waals surface area contributed by atoms with Crippen LogP contribution in [0.4, 0.5) is 10.1 Å². The molecule has 0 saturated carbocycles. The van der Waals surface area contributed by atoms with E-state index in [1.165, 1.54) is 6.07 Å². The maximum atomic E-state index is 13.7. The Morgan fingerprint density at radius 3 is 2.45 bits per heavy atom.